The Bertz CT molecular complexity index is 626. The predicted octanol–water partition coefficient (Wildman–Crippen LogP) is 2.57. The first-order valence-corrected chi connectivity index (χ1v) is 7.82. The first-order valence-electron chi connectivity index (χ1n) is 7.82. The first-order chi connectivity index (χ1) is 11.7. The van der Waals surface area contributed by atoms with Crippen LogP contribution in [0.2, 0.25) is 0 Å². The summed E-state index contributed by atoms with van der Waals surface area (Å²) in [6.45, 7) is 3.09. The molecule has 6 heteroatoms. The van der Waals surface area contributed by atoms with Gasteiger partial charge in [-0.3, -0.25) is 4.79 Å². The first kappa shape index (κ1) is 17.6. The summed E-state index contributed by atoms with van der Waals surface area (Å²) in [6, 6.07) is 10.8. The summed E-state index contributed by atoms with van der Waals surface area (Å²) in [5.74, 6) is 1.76. The number of carbonyl (C=O) groups excluding carboxylic acids is 1. The fourth-order valence-corrected chi connectivity index (χ4v) is 1.89. The van der Waals surface area contributed by atoms with Gasteiger partial charge in [-0.05, 0) is 36.2 Å². The van der Waals surface area contributed by atoms with E-state index in [9.17, 15) is 4.79 Å². The van der Waals surface area contributed by atoms with Crippen LogP contribution in [0, 0.1) is 0 Å². The molecule has 2 rings (SSSR count). The molecule has 0 saturated carbocycles. The van der Waals surface area contributed by atoms with E-state index in [-0.39, 0.29) is 12.5 Å². The third-order valence-corrected chi connectivity index (χ3v) is 3.16. The zero-order valence-corrected chi connectivity index (χ0v) is 14.0. The summed E-state index contributed by atoms with van der Waals surface area (Å²) in [7, 11) is 1.56. The predicted molar refractivity (Wildman–Crippen MR) is 90.4 cm³/mol. The number of methoxy groups -OCH3 is 1. The second kappa shape index (κ2) is 9.39. The highest BCUT2D eigenvalue weighted by Gasteiger charge is 2.04. The Morgan fingerprint density at radius 1 is 1.08 bits per heavy atom. The van der Waals surface area contributed by atoms with Crippen LogP contribution in [0.3, 0.4) is 0 Å². The van der Waals surface area contributed by atoms with Gasteiger partial charge < -0.3 is 19.5 Å². The van der Waals surface area contributed by atoms with Gasteiger partial charge in [0.15, 0.2) is 6.61 Å². The molecule has 6 nitrogen and oxygen atoms in total. The van der Waals surface area contributed by atoms with Crippen molar-refractivity contribution in [2.45, 2.75) is 19.9 Å². The monoisotopic (exact) mass is 330 g/mol. The lowest BCUT2D eigenvalue weighted by molar-refractivity contribution is -0.123. The molecule has 0 spiro atoms. The summed E-state index contributed by atoms with van der Waals surface area (Å²) < 4.78 is 15.9. The molecule has 0 aliphatic carbocycles. The van der Waals surface area contributed by atoms with Crippen LogP contribution >= 0.6 is 0 Å². The molecule has 0 radical (unpaired) electrons. The second-order valence-electron chi connectivity index (χ2n) is 5.09. The van der Waals surface area contributed by atoms with Crippen LogP contribution in [0.15, 0.2) is 42.6 Å². The van der Waals surface area contributed by atoms with Gasteiger partial charge in [-0.15, -0.1) is 0 Å². The van der Waals surface area contributed by atoms with Gasteiger partial charge in [-0.2, -0.15) is 0 Å². The van der Waals surface area contributed by atoms with E-state index >= 15 is 0 Å². The van der Waals surface area contributed by atoms with Crippen molar-refractivity contribution in [2.24, 2.45) is 0 Å². The standard InChI is InChI=1S/C18H22N2O4/c1-3-10-23-15-5-7-16(8-6-15)24-13-17(21)19-11-14-4-9-18(22-2)20-12-14/h4-9,12H,3,10-11,13H2,1-2H3,(H,19,21). The molecule has 0 saturated heterocycles. The Hall–Kier alpha value is -2.76. The smallest absolute Gasteiger partial charge is 0.258 e. The quantitative estimate of drug-likeness (QED) is 0.765. The Morgan fingerprint density at radius 3 is 2.38 bits per heavy atom. The topological polar surface area (TPSA) is 69.7 Å². The van der Waals surface area contributed by atoms with Crippen molar-refractivity contribution in [3.8, 4) is 17.4 Å². The van der Waals surface area contributed by atoms with E-state index in [1.54, 1.807) is 31.5 Å². The highest BCUT2D eigenvalue weighted by atomic mass is 16.5. The largest absolute Gasteiger partial charge is 0.494 e. The van der Waals surface area contributed by atoms with Gasteiger partial charge in [0.2, 0.25) is 5.88 Å². The van der Waals surface area contributed by atoms with Crippen molar-refractivity contribution in [2.75, 3.05) is 20.3 Å². The normalized spacial score (nSPS) is 10.1. The van der Waals surface area contributed by atoms with Crippen molar-refractivity contribution in [1.29, 1.82) is 0 Å². The molecule has 1 heterocycles. The summed E-state index contributed by atoms with van der Waals surface area (Å²) in [5.41, 5.74) is 0.890. The summed E-state index contributed by atoms with van der Waals surface area (Å²) in [6.07, 6.45) is 2.62. The van der Waals surface area contributed by atoms with E-state index in [2.05, 4.69) is 17.2 Å². The van der Waals surface area contributed by atoms with E-state index < -0.39 is 0 Å². The Labute approximate surface area is 141 Å². The molecular weight excluding hydrogens is 308 g/mol. The molecule has 0 aliphatic rings. The maximum absolute atomic E-state index is 11.8. The molecule has 1 aromatic carbocycles. The second-order valence-corrected chi connectivity index (χ2v) is 5.09. The van der Waals surface area contributed by atoms with Crippen molar-refractivity contribution in [3.63, 3.8) is 0 Å². The Kier molecular flexibility index (Phi) is 6.89. The number of nitrogens with one attached hydrogen (secondary N) is 1. The van der Waals surface area contributed by atoms with Gasteiger partial charge >= 0.3 is 0 Å². The van der Waals surface area contributed by atoms with Crippen molar-refractivity contribution in [1.82, 2.24) is 10.3 Å². The van der Waals surface area contributed by atoms with Gasteiger partial charge in [0.1, 0.15) is 11.5 Å². The van der Waals surface area contributed by atoms with E-state index in [1.165, 1.54) is 0 Å². The van der Waals surface area contributed by atoms with E-state index in [0.717, 1.165) is 17.7 Å². The fraction of sp³-hybridized carbons (Fsp3) is 0.333. The molecule has 1 aromatic heterocycles. The van der Waals surface area contributed by atoms with E-state index in [4.69, 9.17) is 14.2 Å². The van der Waals surface area contributed by atoms with Gasteiger partial charge in [0.05, 0.1) is 13.7 Å². The molecule has 0 unspecified atom stereocenters. The van der Waals surface area contributed by atoms with Crippen LogP contribution in [0.5, 0.6) is 17.4 Å². The van der Waals surface area contributed by atoms with Gasteiger partial charge in [-0.1, -0.05) is 13.0 Å². The number of aromatic nitrogens is 1. The molecule has 0 fully saturated rings. The van der Waals surface area contributed by atoms with Crippen LogP contribution in [0.1, 0.15) is 18.9 Å². The third-order valence-electron chi connectivity index (χ3n) is 3.16. The zero-order chi connectivity index (χ0) is 17.2. The van der Waals surface area contributed by atoms with Crippen molar-refractivity contribution in [3.05, 3.63) is 48.2 Å². The molecule has 1 N–H and O–H groups in total. The van der Waals surface area contributed by atoms with Crippen LogP contribution in [0.25, 0.3) is 0 Å². The number of ether oxygens (including phenoxy) is 3. The average Bonchev–Trinajstić information content (AvgIpc) is 2.64. The lowest BCUT2D eigenvalue weighted by atomic mass is 10.3. The maximum Gasteiger partial charge on any atom is 0.258 e. The number of nitrogens with zero attached hydrogens (tertiary/aromatic N) is 1. The van der Waals surface area contributed by atoms with Crippen LogP contribution < -0.4 is 19.5 Å². The highest BCUT2D eigenvalue weighted by molar-refractivity contribution is 5.77. The minimum absolute atomic E-state index is 0.0429. The number of carbonyl (C=O) groups is 1. The Morgan fingerprint density at radius 2 is 1.79 bits per heavy atom. The van der Waals surface area contributed by atoms with Crippen LogP contribution in [-0.2, 0) is 11.3 Å². The molecule has 2 aromatic rings. The number of hydrogen-bond donors (Lipinski definition) is 1. The summed E-state index contributed by atoms with van der Waals surface area (Å²) in [5, 5.41) is 2.78. The van der Waals surface area contributed by atoms with Crippen LogP contribution in [0.4, 0.5) is 0 Å². The van der Waals surface area contributed by atoms with E-state index in [0.29, 0.717) is 24.8 Å². The van der Waals surface area contributed by atoms with Gasteiger partial charge in [-0.25, -0.2) is 4.98 Å². The fourth-order valence-electron chi connectivity index (χ4n) is 1.89. The van der Waals surface area contributed by atoms with Crippen molar-refractivity contribution < 1.29 is 19.0 Å². The molecule has 1 amide bonds. The van der Waals surface area contributed by atoms with Crippen LogP contribution in [-0.4, -0.2) is 31.2 Å². The molecule has 24 heavy (non-hydrogen) atoms. The molecular formula is C18H22N2O4. The third kappa shape index (κ3) is 5.79. The number of benzene rings is 1. The number of hydrogen-bond acceptors (Lipinski definition) is 5. The molecule has 0 bridgehead atoms. The maximum atomic E-state index is 11.8. The van der Waals surface area contributed by atoms with E-state index in [1.807, 2.05) is 18.2 Å². The summed E-state index contributed by atoms with van der Waals surface area (Å²) >= 11 is 0. The average molecular weight is 330 g/mol. The van der Waals surface area contributed by atoms with Gasteiger partial charge in [0, 0.05) is 18.8 Å². The molecule has 0 aliphatic heterocycles. The minimum atomic E-state index is -0.197. The number of rotatable bonds is 9. The zero-order valence-electron chi connectivity index (χ0n) is 14.0. The lowest BCUT2D eigenvalue weighted by Gasteiger charge is -2.09. The SMILES string of the molecule is CCCOc1ccc(OCC(=O)NCc2ccc(OC)nc2)cc1. The summed E-state index contributed by atoms with van der Waals surface area (Å²) in [4.78, 5) is 15.9. The highest BCUT2D eigenvalue weighted by Crippen LogP contribution is 2.17. The molecule has 0 atom stereocenters. The van der Waals surface area contributed by atoms with Crippen molar-refractivity contribution >= 4 is 5.91 Å². The number of amides is 1. The van der Waals surface area contributed by atoms with Gasteiger partial charge in [0.25, 0.3) is 5.91 Å². The number of pyridine rings is 1. The Balaban J connectivity index is 1.72. The molecule has 128 valence electrons. The minimum Gasteiger partial charge on any atom is -0.494 e. The lowest BCUT2D eigenvalue weighted by Crippen LogP contribution is -2.28.